The lowest BCUT2D eigenvalue weighted by molar-refractivity contribution is 0.283. The lowest BCUT2D eigenvalue weighted by Gasteiger charge is -2.16. The molecule has 128 valence electrons. The largest absolute Gasteiger partial charge is 0.493 e. The summed E-state index contributed by atoms with van der Waals surface area (Å²) in [5, 5.41) is 0. The zero-order chi connectivity index (χ0) is 16.9. The van der Waals surface area contributed by atoms with E-state index in [1.165, 1.54) is 16.7 Å². The topological polar surface area (TPSA) is 66.6 Å². The van der Waals surface area contributed by atoms with E-state index in [9.17, 15) is 0 Å². The highest BCUT2D eigenvalue weighted by atomic mass is 16.5. The summed E-state index contributed by atoms with van der Waals surface area (Å²) in [6, 6.07) is 12.3. The van der Waals surface area contributed by atoms with Crippen molar-refractivity contribution in [3.8, 4) is 11.5 Å². The number of rotatable bonds is 6. The minimum Gasteiger partial charge on any atom is -0.493 e. The molecule has 0 saturated carbocycles. The minimum atomic E-state index is 0.116. The maximum absolute atomic E-state index is 6.08. The average molecular weight is 328 g/mol. The van der Waals surface area contributed by atoms with Crippen LogP contribution in [0.1, 0.15) is 22.3 Å². The molecule has 1 aliphatic rings. The number of hydrogen-bond donors (Lipinski definition) is 4. The van der Waals surface area contributed by atoms with Gasteiger partial charge in [0.1, 0.15) is 6.61 Å². The van der Waals surface area contributed by atoms with Crippen LogP contribution in [-0.4, -0.2) is 13.3 Å². The molecule has 4 N–H and O–H groups in total. The van der Waals surface area contributed by atoms with Crippen molar-refractivity contribution < 1.29 is 9.47 Å². The standard InChI is InChI=1S/C18H24N4O2/c1-12-5-4-6-13(2)15(12)11-24-17-9-14(7-8-16(17)23-3)10-18-19-21-22-20-18/h4-9,18-22H,10-11H2,1-3H3. The summed E-state index contributed by atoms with van der Waals surface area (Å²) < 4.78 is 11.5. The van der Waals surface area contributed by atoms with Gasteiger partial charge in [-0.3, -0.25) is 0 Å². The van der Waals surface area contributed by atoms with E-state index < -0.39 is 0 Å². The normalized spacial score (nSPS) is 14.8. The predicted molar refractivity (Wildman–Crippen MR) is 93.3 cm³/mol. The maximum atomic E-state index is 6.08. The van der Waals surface area contributed by atoms with Crippen molar-refractivity contribution in [3.05, 3.63) is 58.7 Å². The van der Waals surface area contributed by atoms with E-state index in [0.29, 0.717) is 6.61 Å². The van der Waals surface area contributed by atoms with Crippen molar-refractivity contribution in [1.29, 1.82) is 0 Å². The Kier molecular flexibility index (Phi) is 5.32. The van der Waals surface area contributed by atoms with Crippen LogP contribution in [-0.2, 0) is 13.0 Å². The Hall–Kier alpha value is -2.12. The molecule has 6 heteroatoms. The van der Waals surface area contributed by atoms with Crippen LogP contribution in [0.5, 0.6) is 11.5 Å². The number of hydrogen-bond acceptors (Lipinski definition) is 6. The molecule has 0 aliphatic carbocycles. The van der Waals surface area contributed by atoms with E-state index >= 15 is 0 Å². The number of methoxy groups -OCH3 is 1. The van der Waals surface area contributed by atoms with Gasteiger partial charge in [-0.15, -0.1) is 0 Å². The van der Waals surface area contributed by atoms with Crippen molar-refractivity contribution in [1.82, 2.24) is 21.9 Å². The van der Waals surface area contributed by atoms with Crippen LogP contribution in [0.4, 0.5) is 0 Å². The van der Waals surface area contributed by atoms with Crippen LogP contribution in [0.15, 0.2) is 36.4 Å². The monoisotopic (exact) mass is 328 g/mol. The summed E-state index contributed by atoms with van der Waals surface area (Å²) in [6.07, 6.45) is 0.925. The molecule has 1 fully saturated rings. The van der Waals surface area contributed by atoms with E-state index in [-0.39, 0.29) is 6.17 Å². The molecule has 1 aliphatic heterocycles. The zero-order valence-corrected chi connectivity index (χ0v) is 14.3. The van der Waals surface area contributed by atoms with Gasteiger partial charge in [0.25, 0.3) is 0 Å². The molecular formula is C18H24N4O2. The summed E-state index contributed by atoms with van der Waals surface area (Å²) in [7, 11) is 1.66. The molecule has 0 amide bonds. The van der Waals surface area contributed by atoms with Crippen LogP contribution in [0.2, 0.25) is 0 Å². The first-order valence-corrected chi connectivity index (χ1v) is 8.03. The number of ether oxygens (including phenoxy) is 2. The highest BCUT2D eigenvalue weighted by Gasteiger charge is 2.15. The molecule has 0 unspecified atom stereocenters. The van der Waals surface area contributed by atoms with Gasteiger partial charge in [0.05, 0.1) is 13.3 Å². The Bertz CT molecular complexity index is 679. The number of benzene rings is 2. The summed E-state index contributed by atoms with van der Waals surface area (Å²) in [5.74, 6) is 1.50. The van der Waals surface area contributed by atoms with Gasteiger partial charge in [-0.05, 0) is 48.2 Å². The number of aryl methyl sites for hydroxylation is 2. The van der Waals surface area contributed by atoms with Crippen molar-refractivity contribution in [2.75, 3.05) is 7.11 Å². The van der Waals surface area contributed by atoms with Gasteiger partial charge < -0.3 is 9.47 Å². The van der Waals surface area contributed by atoms with Crippen molar-refractivity contribution >= 4 is 0 Å². The molecule has 0 bridgehead atoms. The SMILES string of the molecule is COc1ccc(CC2NNNN2)cc1OCc1c(C)cccc1C. The maximum Gasteiger partial charge on any atom is 0.161 e. The zero-order valence-electron chi connectivity index (χ0n) is 14.3. The molecule has 0 aromatic heterocycles. The predicted octanol–water partition coefficient (Wildman–Crippen LogP) is 1.88. The molecule has 2 aromatic carbocycles. The fraction of sp³-hybridized carbons (Fsp3) is 0.333. The van der Waals surface area contributed by atoms with Crippen LogP contribution in [0.3, 0.4) is 0 Å². The summed E-state index contributed by atoms with van der Waals surface area (Å²) in [6.45, 7) is 4.74. The van der Waals surface area contributed by atoms with Crippen LogP contribution >= 0.6 is 0 Å². The first kappa shape index (κ1) is 16.7. The molecule has 2 aromatic rings. The van der Waals surface area contributed by atoms with Crippen molar-refractivity contribution in [2.45, 2.75) is 33.0 Å². The third kappa shape index (κ3) is 3.85. The Morgan fingerprint density at radius 3 is 2.33 bits per heavy atom. The third-order valence-electron chi connectivity index (χ3n) is 4.24. The van der Waals surface area contributed by atoms with E-state index in [1.807, 2.05) is 18.2 Å². The smallest absolute Gasteiger partial charge is 0.161 e. The lowest BCUT2D eigenvalue weighted by Crippen LogP contribution is -2.35. The summed E-state index contributed by atoms with van der Waals surface area (Å²) in [5.41, 5.74) is 16.7. The second-order valence-electron chi connectivity index (χ2n) is 5.94. The van der Waals surface area contributed by atoms with Crippen molar-refractivity contribution in [3.63, 3.8) is 0 Å². The van der Waals surface area contributed by atoms with Gasteiger partial charge in [-0.25, -0.2) is 10.9 Å². The Morgan fingerprint density at radius 2 is 1.67 bits per heavy atom. The van der Waals surface area contributed by atoms with Crippen LogP contribution < -0.4 is 31.4 Å². The lowest BCUT2D eigenvalue weighted by atomic mass is 10.0. The fourth-order valence-corrected chi connectivity index (χ4v) is 2.81. The van der Waals surface area contributed by atoms with E-state index in [0.717, 1.165) is 23.5 Å². The molecule has 1 heterocycles. The Morgan fingerprint density at radius 1 is 0.958 bits per heavy atom. The highest BCUT2D eigenvalue weighted by Crippen LogP contribution is 2.30. The summed E-state index contributed by atoms with van der Waals surface area (Å²) in [4.78, 5) is 0. The molecule has 6 nitrogen and oxygen atoms in total. The molecule has 0 radical (unpaired) electrons. The molecule has 1 saturated heterocycles. The second-order valence-corrected chi connectivity index (χ2v) is 5.94. The first-order valence-electron chi connectivity index (χ1n) is 8.03. The van der Waals surface area contributed by atoms with Gasteiger partial charge in [0.15, 0.2) is 11.5 Å². The molecule has 3 rings (SSSR count). The molecule has 0 spiro atoms. The second kappa shape index (κ2) is 7.63. The number of nitrogens with one attached hydrogen (secondary N) is 4. The van der Waals surface area contributed by atoms with Crippen molar-refractivity contribution in [2.24, 2.45) is 0 Å². The molecule has 0 atom stereocenters. The Labute approximate surface area is 142 Å². The van der Waals surface area contributed by atoms with E-state index in [2.05, 4.69) is 54.0 Å². The van der Waals surface area contributed by atoms with Gasteiger partial charge >= 0.3 is 0 Å². The van der Waals surface area contributed by atoms with Gasteiger partial charge in [-0.2, -0.15) is 11.1 Å². The molecule has 24 heavy (non-hydrogen) atoms. The van der Waals surface area contributed by atoms with Gasteiger partial charge in [0.2, 0.25) is 0 Å². The Balaban J connectivity index is 1.75. The van der Waals surface area contributed by atoms with E-state index in [1.54, 1.807) is 7.11 Å². The summed E-state index contributed by atoms with van der Waals surface area (Å²) >= 11 is 0. The third-order valence-corrected chi connectivity index (χ3v) is 4.24. The number of hydrazine groups is 3. The highest BCUT2D eigenvalue weighted by molar-refractivity contribution is 5.44. The molecular weight excluding hydrogens is 304 g/mol. The quantitative estimate of drug-likeness (QED) is 0.649. The van der Waals surface area contributed by atoms with Gasteiger partial charge in [0, 0.05) is 6.42 Å². The first-order chi connectivity index (χ1) is 11.7. The average Bonchev–Trinajstić information content (AvgIpc) is 3.07. The van der Waals surface area contributed by atoms with Gasteiger partial charge in [-0.1, -0.05) is 24.3 Å². The fourth-order valence-electron chi connectivity index (χ4n) is 2.81. The van der Waals surface area contributed by atoms with Crippen LogP contribution in [0, 0.1) is 13.8 Å². The van der Waals surface area contributed by atoms with E-state index in [4.69, 9.17) is 9.47 Å². The minimum absolute atomic E-state index is 0.116. The van der Waals surface area contributed by atoms with Crippen LogP contribution in [0.25, 0.3) is 0 Å².